The zero-order valence-electron chi connectivity index (χ0n) is 15.3. The molecule has 3 rings (SSSR count). The first-order valence-electron chi connectivity index (χ1n) is 8.90. The molecule has 1 saturated carbocycles. The number of anilines is 2. The molecule has 0 spiro atoms. The van der Waals surface area contributed by atoms with E-state index >= 15 is 0 Å². The monoisotopic (exact) mass is 352 g/mol. The van der Waals surface area contributed by atoms with Crippen molar-refractivity contribution in [1.82, 2.24) is 0 Å². The highest BCUT2D eigenvalue weighted by Crippen LogP contribution is 2.40. The SMILES string of the molecule is CCOc1ccc(NC(=O)C2CC2C(=O)Nc2cccc(C)c2C)cc1. The van der Waals surface area contributed by atoms with Gasteiger partial charge in [0.1, 0.15) is 5.75 Å². The minimum Gasteiger partial charge on any atom is -0.494 e. The summed E-state index contributed by atoms with van der Waals surface area (Å²) in [7, 11) is 0. The highest BCUT2D eigenvalue weighted by atomic mass is 16.5. The van der Waals surface area contributed by atoms with E-state index in [9.17, 15) is 9.59 Å². The predicted octanol–water partition coefficient (Wildman–Crippen LogP) is 3.92. The van der Waals surface area contributed by atoms with Gasteiger partial charge in [0, 0.05) is 11.4 Å². The lowest BCUT2D eigenvalue weighted by atomic mass is 10.1. The zero-order chi connectivity index (χ0) is 18.7. The smallest absolute Gasteiger partial charge is 0.228 e. The van der Waals surface area contributed by atoms with Crippen molar-refractivity contribution in [3.05, 3.63) is 53.6 Å². The maximum Gasteiger partial charge on any atom is 0.228 e. The number of carbonyl (C=O) groups is 2. The molecule has 0 heterocycles. The second-order valence-corrected chi connectivity index (χ2v) is 6.63. The van der Waals surface area contributed by atoms with Crippen molar-refractivity contribution < 1.29 is 14.3 Å². The summed E-state index contributed by atoms with van der Waals surface area (Å²) >= 11 is 0. The number of benzene rings is 2. The second-order valence-electron chi connectivity index (χ2n) is 6.63. The molecule has 1 fully saturated rings. The van der Waals surface area contributed by atoms with Crippen molar-refractivity contribution in [3.63, 3.8) is 0 Å². The lowest BCUT2D eigenvalue weighted by molar-refractivity contribution is -0.122. The van der Waals surface area contributed by atoms with Crippen LogP contribution in [-0.2, 0) is 9.59 Å². The average Bonchev–Trinajstić information content (AvgIpc) is 3.42. The number of hydrogen-bond donors (Lipinski definition) is 2. The Labute approximate surface area is 153 Å². The number of nitrogens with one attached hydrogen (secondary N) is 2. The first-order valence-corrected chi connectivity index (χ1v) is 8.90. The molecular weight excluding hydrogens is 328 g/mol. The van der Waals surface area contributed by atoms with Gasteiger partial charge in [0.25, 0.3) is 0 Å². The summed E-state index contributed by atoms with van der Waals surface area (Å²) in [5, 5.41) is 5.82. The molecule has 1 aliphatic carbocycles. The number of rotatable bonds is 6. The summed E-state index contributed by atoms with van der Waals surface area (Å²) in [4.78, 5) is 24.8. The molecule has 0 saturated heterocycles. The Morgan fingerprint density at radius 2 is 1.65 bits per heavy atom. The van der Waals surface area contributed by atoms with E-state index < -0.39 is 0 Å². The van der Waals surface area contributed by atoms with Crippen LogP contribution in [-0.4, -0.2) is 18.4 Å². The molecule has 0 radical (unpaired) electrons. The van der Waals surface area contributed by atoms with Crippen LogP contribution in [0.25, 0.3) is 0 Å². The minimum absolute atomic E-state index is 0.0921. The Morgan fingerprint density at radius 3 is 2.31 bits per heavy atom. The van der Waals surface area contributed by atoms with E-state index in [0.717, 1.165) is 22.6 Å². The van der Waals surface area contributed by atoms with Gasteiger partial charge in [0.05, 0.1) is 18.4 Å². The summed E-state index contributed by atoms with van der Waals surface area (Å²) < 4.78 is 5.38. The van der Waals surface area contributed by atoms with Gasteiger partial charge < -0.3 is 15.4 Å². The van der Waals surface area contributed by atoms with Crippen molar-refractivity contribution >= 4 is 23.2 Å². The van der Waals surface area contributed by atoms with Crippen LogP contribution < -0.4 is 15.4 Å². The Balaban J connectivity index is 1.55. The van der Waals surface area contributed by atoms with Crippen molar-refractivity contribution in [2.24, 2.45) is 11.8 Å². The minimum atomic E-state index is -0.272. The van der Waals surface area contributed by atoms with Crippen molar-refractivity contribution in [3.8, 4) is 5.75 Å². The number of aryl methyl sites for hydroxylation is 1. The Hall–Kier alpha value is -2.82. The summed E-state index contributed by atoms with van der Waals surface area (Å²) in [6, 6.07) is 13.0. The third-order valence-corrected chi connectivity index (χ3v) is 4.76. The fraction of sp³-hybridized carbons (Fsp3) is 0.333. The quantitative estimate of drug-likeness (QED) is 0.828. The topological polar surface area (TPSA) is 67.4 Å². The highest BCUT2D eigenvalue weighted by Gasteiger charge is 2.48. The summed E-state index contributed by atoms with van der Waals surface area (Å²) in [6.45, 7) is 6.51. The van der Waals surface area contributed by atoms with Gasteiger partial charge in [-0.05, 0) is 68.7 Å². The third-order valence-electron chi connectivity index (χ3n) is 4.76. The van der Waals surface area contributed by atoms with Crippen LogP contribution in [0.5, 0.6) is 5.75 Å². The van der Waals surface area contributed by atoms with Gasteiger partial charge in [-0.25, -0.2) is 0 Å². The van der Waals surface area contributed by atoms with Crippen LogP contribution >= 0.6 is 0 Å². The van der Waals surface area contributed by atoms with Crippen molar-refractivity contribution in [2.75, 3.05) is 17.2 Å². The normalized spacial score (nSPS) is 18.1. The molecule has 2 atom stereocenters. The number of hydrogen-bond acceptors (Lipinski definition) is 3. The lowest BCUT2D eigenvalue weighted by Gasteiger charge is -2.10. The summed E-state index contributed by atoms with van der Waals surface area (Å²) in [5.74, 6) is 0.0211. The standard InChI is InChI=1S/C21H24N2O3/c1-4-26-16-10-8-15(9-11-16)22-20(24)17-12-18(17)21(25)23-19-7-5-6-13(2)14(19)3/h5-11,17-18H,4,12H2,1-3H3,(H,22,24)(H,23,25). The molecule has 0 aromatic heterocycles. The van der Waals surface area contributed by atoms with Crippen LogP contribution in [0.1, 0.15) is 24.5 Å². The van der Waals surface area contributed by atoms with E-state index in [2.05, 4.69) is 10.6 Å². The molecule has 1 aliphatic rings. The van der Waals surface area contributed by atoms with Crippen LogP contribution in [0.4, 0.5) is 11.4 Å². The fourth-order valence-corrected chi connectivity index (χ4v) is 2.92. The molecule has 2 aromatic rings. The molecule has 0 aliphatic heterocycles. The maximum atomic E-state index is 12.4. The summed E-state index contributed by atoms with van der Waals surface area (Å²) in [6.07, 6.45) is 0.583. The van der Waals surface area contributed by atoms with E-state index in [-0.39, 0.29) is 23.7 Å². The van der Waals surface area contributed by atoms with Crippen LogP contribution in [0.2, 0.25) is 0 Å². The van der Waals surface area contributed by atoms with E-state index in [1.807, 2.05) is 51.1 Å². The summed E-state index contributed by atoms with van der Waals surface area (Å²) in [5.41, 5.74) is 3.70. The molecule has 2 aromatic carbocycles. The molecule has 2 unspecified atom stereocenters. The van der Waals surface area contributed by atoms with E-state index in [1.54, 1.807) is 12.1 Å². The highest BCUT2D eigenvalue weighted by molar-refractivity contribution is 6.03. The van der Waals surface area contributed by atoms with Crippen molar-refractivity contribution in [1.29, 1.82) is 0 Å². The van der Waals surface area contributed by atoms with Gasteiger partial charge >= 0.3 is 0 Å². The zero-order valence-corrected chi connectivity index (χ0v) is 15.3. The first-order chi connectivity index (χ1) is 12.5. The van der Waals surface area contributed by atoms with Gasteiger partial charge in [-0.3, -0.25) is 9.59 Å². The van der Waals surface area contributed by atoms with Gasteiger partial charge in [0.2, 0.25) is 11.8 Å². The Bertz CT molecular complexity index is 815. The maximum absolute atomic E-state index is 12.4. The Morgan fingerprint density at radius 1 is 1.00 bits per heavy atom. The van der Waals surface area contributed by atoms with Gasteiger partial charge in [-0.1, -0.05) is 12.1 Å². The van der Waals surface area contributed by atoms with Crippen LogP contribution in [0.3, 0.4) is 0 Å². The average molecular weight is 352 g/mol. The van der Waals surface area contributed by atoms with E-state index in [0.29, 0.717) is 18.7 Å². The second kappa shape index (κ2) is 7.60. The molecular formula is C21H24N2O3. The molecule has 2 N–H and O–H groups in total. The molecule has 26 heavy (non-hydrogen) atoms. The van der Waals surface area contributed by atoms with Gasteiger partial charge in [-0.15, -0.1) is 0 Å². The van der Waals surface area contributed by atoms with Gasteiger partial charge in [0.15, 0.2) is 0 Å². The third kappa shape index (κ3) is 4.04. The molecule has 5 heteroatoms. The number of amides is 2. The largest absolute Gasteiger partial charge is 0.494 e. The fourth-order valence-electron chi connectivity index (χ4n) is 2.92. The predicted molar refractivity (Wildman–Crippen MR) is 102 cm³/mol. The van der Waals surface area contributed by atoms with Crippen LogP contribution in [0, 0.1) is 25.7 Å². The van der Waals surface area contributed by atoms with Gasteiger partial charge in [-0.2, -0.15) is 0 Å². The van der Waals surface area contributed by atoms with Crippen LogP contribution in [0.15, 0.2) is 42.5 Å². The number of carbonyl (C=O) groups excluding carboxylic acids is 2. The van der Waals surface area contributed by atoms with E-state index in [4.69, 9.17) is 4.74 Å². The molecule has 0 bridgehead atoms. The molecule has 2 amide bonds. The lowest BCUT2D eigenvalue weighted by Crippen LogP contribution is -2.21. The van der Waals surface area contributed by atoms with E-state index in [1.165, 1.54) is 0 Å². The van der Waals surface area contributed by atoms with Crippen molar-refractivity contribution in [2.45, 2.75) is 27.2 Å². The first kappa shape index (κ1) is 18.0. The molecule has 5 nitrogen and oxygen atoms in total. The number of ether oxygens (including phenoxy) is 1. The molecule has 136 valence electrons. The Kier molecular flexibility index (Phi) is 5.26.